The molecule has 1 saturated heterocycles. The van der Waals surface area contributed by atoms with Gasteiger partial charge in [-0.1, -0.05) is 30.3 Å². The van der Waals surface area contributed by atoms with Crippen LogP contribution < -0.4 is 15.6 Å². The Morgan fingerprint density at radius 3 is 2.44 bits per heavy atom. The molecule has 0 bridgehead atoms. The second-order valence-electron chi connectivity index (χ2n) is 9.75. The molecule has 202 valence electrons. The maximum atomic E-state index is 14.6. The number of likely N-dealkylation sites (N-methyl/N-ethyl adjacent to an activating group) is 1. The zero-order valence-corrected chi connectivity index (χ0v) is 21.7. The number of rotatable bonds is 9. The normalized spacial score (nSPS) is 13.7. The SMILES string of the molecule is COc1ccc(F)c(CNC(=O)c2cn(Cc3ccc(Cn4ccccc4=O)cc3)nc2C2CN(C)C2)c1F. The summed E-state index contributed by atoms with van der Waals surface area (Å²) in [5.74, 6) is -2.04. The molecule has 39 heavy (non-hydrogen) atoms. The summed E-state index contributed by atoms with van der Waals surface area (Å²) in [4.78, 5) is 27.3. The van der Waals surface area contributed by atoms with Crippen molar-refractivity contribution in [3.05, 3.63) is 117 Å². The second kappa shape index (κ2) is 11.2. The summed E-state index contributed by atoms with van der Waals surface area (Å²) < 4.78 is 37.1. The van der Waals surface area contributed by atoms with Crippen LogP contribution in [0.4, 0.5) is 8.78 Å². The first-order valence-corrected chi connectivity index (χ1v) is 12.6. The number of pyridine rings is 1. The van der Waals surface area contributed by atoms with Gasteiger partial charge >= 0.3 is 0 Å². The number of carbonyl (C=O) groups is 1. The lowest BCUT2D eigenvalue weighted by Gasteiger charge is -2.35. The van der Waals surface area contributed by atoms with Crippen LogP contribution in [0.1, 0.15) is 38.7 Å². The first-order valence-electron chi connectivity index (χ1n) is 12.6. The minimum Gasteiger partial charge on any atom is -0.494 e. The fraction of sp³-hybridized carbons (Fsp3) is 0.276. The fourth-order valence-corrected chi connectivity index (χ4v) is 4.75. The Bertz CT molecular complexity index is 1540. The van der Waals surface area contributed by atoms with E-state index in [9.17, 15) is 18.4 Å². The van der Waals surface area contributed by atoms with Crippen LogP contribution >= 0.6 is 0 Å². The molecule has 10 heteroatoms. The highest BCUT2D eigenvalue weighted by Gasteiger charge is 2.31. The van der Waals surface area contributed by atoms with Crippen LogP contribution in [0.15, 0.2) is 71.8 Å². The molecule has 3 heterocycles. The third-order valence-electron chi connectivity index (χ3n) is 6.90. The van der Waals surface area contributed by atoms with E-state index in [4.69, 9.17) is 9.84 Å². The monoisotopic (exact) mass is 533 g/mol. The molecular formula is C29H29F2N5O3. The van der Waals surface area contributed by atoms with Crippen LogP contribution in [0.25, 0.3) is 0 Å². The van der Waals surface area contributed by atoms with Crippen molar-refractivity contribution in [2.45, 2.75) is 25.6 Å². The van der Waals surface area contributed by atoms with Crippen molar-refractivity contribution in [1.29, 1.82) is 0 Å². The number of amides is 1. The summed E-state index contributed by atoms with van der Waals surface area (Å²) in [7, 11) is 3.29. The van der Waals surface area contributed by atoms with Crippen LogP contribution in [0.3, 0.4) is 0 Å². The van der Waals surface area contributed by atoms with Crippen LogP contribution in [0.5, 0.6) is 5.75 Å². The molecule has 1 fully saturated rings. The summed E-state index contributed by atoms with van der Waals surface area (Å²) in [6.45, 7) is 2.12. The molecule has 0 spiro atoms. The average Bonchev–Trinajstić information content (AvgIpc) is 3.32. The van der Waals surface area contributed by atoms with Crippen LogP contribution in [0.2, 0.25) is 0 Å². The van der Waals surface area contributed by atoms with Gasteiger partial charge in [-0.3, -0.25) is 14.3 Å². The number of nitrogens with one attached hydrogen (secondary N) is 1. The lowest BCUT2D eigenvalue weighted by molar-refractivity contribution is 0.0945. The number of methoxy groups -OCH3 is 1. The van der Waals surface area contributed by atoms with Gasteiger partial charge in [-0.25, -0.2) is 8.78 Å². The lowest BCUT2D eigenvalue weighted by atomic mass is 9.94. The molecule has 1 aliphatic heterocycles. The molecule has 0 aliphatic carbocycles. The van der Waals surface area contributed by atoms with Crippen molar-refractivity contribution in [2.24, 2.45) is 0 Å². The summed E-state index contributed by atoms with van der Waals surface area (Å²) in [5, 5.41) is 7.36. The van der Waals surface area contributed by atoms with E-state index in [1.54, 1.807) is 27.7 Å². The van der Waals surface area contributed by atoms with Crippen molar-refractivity contribution in [3.63, 3.8) is 0 Å². The van der Waals surface area contributed by atoms with Gasteiger partial charge in [0.2, 0.25) is 0 Å². The Kier molecular flexibility index (Phi) is 7.56. The number of carbonyl (C=O) groups excluding carboxylic acids is 1. The van der Waals surface area contributed by atoms with Gasteiger partial charge in [-0.2, -0.15) is 5.10 Å². The third kappa shape index (κ3) is 5.75. The minimum absolute atomic E-state index is 0.0602. The van der Waals surface area contributed by atoms with E-state index >= 15 is 0 Å². The van der Waals surface area contributed by atoms with Gasteiger partial charge in [0.15, 0.2) is 11.6 Å². The number of hydrogen-bond acceptors (Lipinski definition) is 5. The Morgan fingerprint density at radius 2 is 1.77 bits per heavy atom. The average molecular weight is 534 g/mol. The maximum Gasteiger partial charge on any atom is 0.255 e. The second-order valence-corrected chi connectivity index (χ2v) is 9.75. The van der Waals surface area contributed by atoms with E-state index < -0.39 is 17.5 Å². The summed E-state index contributed by atoms with van der Waals surface area (Å²) >= 11 is 0. The van der Waals surface area contributed by atoms with Gasteiger partial charge in [0.25, 0.3) is 11.5 Å². The standard InChI is InChI=1S/C29H29F2N5O3/c1-34-16-21(17-34)28-23(29(38)32-13-22-24(30)10-11-25(39-2)27(22)31)18-36(33-28)15-20-8-6-19(7-9-20)14-35-12-4-3-5-26(35)37/h3-12,18,21H,13-17H2,1-2H3,(H,32,38). The third-order valence-corrected chi connectivity index (χ3v) is 6.90. The molecule has 0 radical (unpaired) electrons. The number of ether oxygens (including phenoxy) is 1. The van der Waals surface area contributed by atoms with Crippen molar-refractivity contribution < 1.29 is 18.3 Å². The van der Waals surface area contributed by atoms with E-state index in [1.807, 2.05) is 37.4 Å². The van der Waals surface area contributed by atoms with Crippen molar-refractivity contribution in [1.82, 2.24) is 24.6 Å². The minimum atomic E-state index is -0.838. The molecular weight excluding hydrogens is 504 g/mol. The van der Waals surface area contributed by atoms with Crippen molar-refractivity contribution >= 4 is 5.91 Å². The predicted octanol–water partition coefficient (Wildman–Crippen LogP) is 3.39. The van der Waals surface area contributed by atoms with Crippen LogP contribution in [-0.2, 0) is 19.6 Å². The van der Waals surface area contributed by atoms with E-state index in [-0.39, 0.29) is 29.3 Å². The van der Waals surface area contributed by atoms with Crippen LogP contribution in [0, 0.1) is 11.6 Å². The van der Waals surface area contributed by atoms with E-state index in [0.717, 1.165) is 30.3 Å². The molecule has 8 nitrogen and oxygen atoms in total. The molecule has 2 aromatic carbocycles. The highest BCUT2D eigenvalue weighted by molar-refractivity contribution is 5.95. The van der Waals surface area contributed by atoms with Crippen molar-refractivity contribution in [3.8, 4) is 5.75 Å². The molecule has 0 atom stereocenters. The highest BCUT2D eigenvalue weighted by Crippen LogP contribution is 2.28. The van der Waals surface area contributed by atoms with Gasteiger partial charge in [-0.05, 0) is 36.4 Å². The molecule has 2 aromatic heterocycles. The summed E-state index contributed by atoms with van der Waals surface area (Å²) in [6.07, 6.45) is 3.43. The molecule has 4 aromatic rings. The maximum absolute atomic E-state index is 14.6. The van der Waals surface area contributed by atoms with Gasteiger partial charge in [0.05, 0.1) is 31.5 Å². The predicted molar refractivity (Wildman–Crippen MR) is 142 cm³/mol. The first kappa shape index (κ1) is 26.3. The molecule has 5 rings (SSSR count). The number of nitrogens with zero attached hydrogens (tertiary/aromatic N) is 4. The Labute approximate surface area is 224 Å². The first-order chi connectivity index (χ1) is 18.8. The Hall–Kier alpha value is -4.31. The number of benzene rings is 2. The van der Waals surface area contributed by atoms with E-state index in [1.165, 1.54) is 19.2 Å². The van der Waals surface area contributed by atoms with Gasteiger partial charge in [0, 0.05) is 49.6 Å². The number of halogens is 2. The molecule has 0 unspecified atom stereocenters. The number of likely N-dealkylation sites (tertiary alicyclic amines) is 1. The molecule has 1 N–H and O–H groups in total. The quantitative estimate of drug-likeness (QED) is 0.357. The largest absolute Gasteiger partial charge is 0.494 e. The number of aromatic nitrogens is 3. The van der Waals surface area contributed by atoms with E-state index in [2.05, 4.69) is 10.2 Å². The lowest BCUT2D eigenvalue weighted by Crippen LogP contribution is -2.42. The summed E-state index contributed by atoms with van der Waals surface area (Å²) in [6, 6.07) is 15.2. The van der Waals surface area contributed by atoms with Crippen LogP contribution in [-0.4, -0.2) is 52.4 Å². The van der Waals surface area contributed by atoms with Gasteiger partial charge in [0.1, 0.15) is 5.82 Å². The van der Waals surface area contributed by atoms with E-state index in [0.29, 0.717) is 24.3 Å². The highest BCUT2D eigenvalue weighted by atomic mass is 19.1. The molecule has 0 saturated carbocycles. The number of hydrogen-bond donors (Lipinski definition) is 1. The Morgan fingerprint density at radius 1 is 1.05 bits per heavy atom. The van der Waals surface area contributed by atoms with Gasteiger partial charge in [-0.15, -0.1) is 0 Å². The molecule has 1 aliphatic rings. The fourth-order valence-electron chi connectivity index (χ4n) is 4.75. The Balaban J connectivity index is 1.32. The molecule has 1 amide bonds. The topological polar surface area (TPSA) is 81.4 Å². The van der Waals surface area contributed by atoms with Gasteiger partial charge < -0.3 is 19.5 Å². The van der Waals surface area contributed by atoms with Crippen molar-refractivity contribution in [2.75, 3.05) is 27.2 Å². The zero-order valence-electron chi connectivity index (χ0n) is 21.7. The summed E-state index contributed by atoms with van der Waals surface area (Å²) in [5.41, 5.74) is 2.69. The smallest absolute Gasteiger partial charge is 0.255 e. The zero-order chi connectivity index (χ0) is 27.5.